The summed E-state index contributed by atoms with van der Waals surface area (Å²) in [5.74, 6) is 1.57. The molecule has 4 nitrogen and oxygen atoms in total. The van der Waals surface area contributed by atoms with Gasteiger partial charge in [0.2, 0.25) is 0 Å². The molecule has 4 rings (SSSR count). The summed E-state index contributed by atoms with van der Waals surface area (Å²) >= 11 is 0. The first kappa shape index (κ1) is 20.0. The van der Waals surface area contributed by atoms with Crippen LogP contribution in [-0.2, 0) is 12.6 Å². The molecule has 0 radical (unpaired) electrons. The molecule has 0 spiro atoms. The Balaban J connectivity index is 1.24. The molecule has 2 aliphatic rings. The molecule has 0 aromatic heterocycles. The van der Waals surface area contributed by atoms with E-state index in [0.717, 1.165) is 50.3 Å². The number of halogens is 3. The standard InChI is InChI=1S/C22H25F3N2O2/c23-22(24,25)19-6-2-1-5-17(19)9-10-26-11-13-27(14-12-26)15-18-16-28-20-7-3-4-8-21(20)29-18/h1-8,18H,9-16H2. The number of fused-ring (bicyclic) bond motifs is 1. The molecular formula is C22H25F3N2O2. The third-order valence-corrected chi connectivity index (χ3v) is 5.51. The van der Waals surface area contributed by atoms with Gasteiger partial charge in [-0.25, -0.2) is 0 Å². The van der Waals surface area contributed by atoms with E-state index in [4.69, 9.17) is 9.47 Å². The van der Waals surface area contributed by atoms with Crippen molar-refractivity contribution in [1.29, 1.82) is 0 Å². The zero-order valence-corrected chi connectivity index (χ0v) is 16.2. The predicted molar refractivity (Wildman–Crippen MR) is 104 cm³/mol. The van der Waals surface area contributed by atoms with Crippen LogP contribution in [0.15, 0.2) is 48.5 Å². The van der Waals surface area contributed by atoms with Crippen LogP contribution in [0.1, 0.15) is 11.1 Å². The number of nitrogens with zero attached hydrogens (tertiary/aromatic N) is 2. The molecule has 1 atom stereocenters. The average molecular weight is 406 g/mol. The molecule has 7 heteroatoms. The number of alkyl halides is 3. The molecule has 29 heavy (non-hydrogen) atoms. The molecule has 156 valence electrons. The van der Waals surface area contributed by atoms with Crippen molar-refractivity contribution >= 4 is 0 Å². The third-order valence-electron chi connectivity index (χ3n) is 5.51. The molecular weight excluding hydrogens is 381 g/mol. The SMILES string of the molecule is FC(F)(F)c1ccccc1CCN1CCN(CC2COc3ccccc3O2)CC1. The average Bonchev–Trinajstić information content (AvgIpc) is 2.73. The van der Waals surface area contributed by atoms with E-state index in [1.165, 1.54) is 6.07 Å². The van der Waals surface area contributed by atoms with Crippen molar-refractivity contribution < 1.29 is 22.6 Å². The first-order chi connectivity index (χ1) is 14.0. The molecule has 0 bridgehead atoms. The van der Waals surface area contributed by atoms with Crippen molar-refractivity contribution in [2.24, 2.45) is 0 Å². The maximum absolute atomic E-state index is 13.1. The highest BCUT2D eigenvalue weighted by atomic mass is 19.4. The second-order valence-corrected chi connectivity index (χ2v) is 7.54. The highest BCUT2D eigenvalue weighted by molar-refractivity contribution is 5.40. The number of hydrogen-bond donors (Lipinski definition) is 0. The maximum atomic E-state index is 13.1. The summed E-state index contributed by atoms with van der Waals surface area (Å²) < 4.78 is 51.2. The molecule has 0 N–H and O–H groups in total. The minimum absolute atomic E-state index is 0.00453. The largest absolute Gasteiger partial charge is 0.486 e. The Kier molecular flexibility index (Phi) is 5.96. The number of benzene rings is 2. The quantitative estimate of drug-likeness (QED) is 0.756. The van der Waals surface area contributed by atoms with Crippen molar-refractivity contribution in [3.63, 3.8) is 0 Å². The van der Waals surface area contributed by atoms with E-state index >= 15 is 0 Å². The fourth-order valence-corrected chi connectivity index (χ4v) is 3.93. The smallest absolute Gasteiger partial charge is 0.416 e. The summed E-state index contributed by atoms with van der Waals surface area (Å²) in [5.41, 5.74) is -0.151. The highest BCUT2D eigenvalue weighted by Gasteiger charge is 2.33. The minimum Gasteiger partial charge on any atom is -0.486 e. The van der Waals surface area contributed by atoms with Gasteiger partial charge in [-0.2, -0.15) is 13.2 Å². The first-order valence-electron chi connectivity index (χ1n) is 9.97. The molecule has 2 aromatic carbocycles. The van der Waals surface area contributed by atoms with Gasteiger partial charge in [0.25, 0.3) is 0 Å². The Bertz CT molecular complexity index is 820. The van der Waals surface area contributed by atoms with Gasteiger partial charge >= 0.3 is 6.18 Å². The van der Waals surface area contributed by atoms with E-state index in [-0.39, 0.29) is 6.10 Å². The van der Waals surface area contributed by atoms with E-state index in [2.05, 4.69) is 9.80 Å². The molecule has 0 aliphatic carbocycles. The zero-order valence-electron chi connectivity index (χ0n) is 16.2. The Morgan fingerprint density at radius 2 is 1.52 bits per heavy atom. The van der Waals surface area contributed by atoms with E-state index in [1.54, 1.807) is 12.1 Å². The van der Waals surface area contributed by atoms with E-state index in [0.29, 0.717) is 25.1 Å². The number of hydrogen-bond acceptors (Lipinski definition) is 4. The van der Waals surface area contributed by atoms with Crippen LogP contribution in [0, 0.1) is 0 Å². The lowest BCUT2D eigenvalue weighted by molar-refractivity contribution is -0.138. The van der Waals surface area contributed by atoms with Gasteiger partial charge in [0.15, 0.2) is 11.5 Å². The van der Waals surface area contributed by atoms with Crippen molar-refractivity contribution in [3.05, 3.63) is 59.7 Å². The summed E-state index contributed by atoms with van der Waals surface area (Å²) in [6, 6.07) is 13.5. The van der Waals surface area contributed by atoms with Crippen LogP contribution in [0.3, 0.4) is 0 Å². The van der Waals surface area contributed by atoms with Crippen LogP contribution in [0.4, 0.5) is 13.2 Å². The van der Waals surface area contributed by atoms with Crippen molar-refractivity contribution in [3.8, 4) is 11.5 Å². The second-order valence-electron chi connectivity index (χ2n) is 7.54. The van der Waals surface area contributed by atoms with Crippen molar-refractivity contribution in [1.82, 2.24) is 9.80 Å². The Morgan fingerprint density at radius 1 is 0.862 bits per heavy atom. The molecule has 1 fully saturated rings. The van der Waals surface area contributed by atoms with Gasteiger partial charge in [-0.05, 0) is 30.2 Å². The van der Waals surface area contributed by atoms with Crippen LogP contribution >= 0.6 is 0 Å². The maximum Gasteiger partial charge on any atom is 0.416 e. The Morgan fingerprint density at radius 3 is 2.28 bits per heavy atom. The van der Waals surface area contributed by atoms with Gasteiger partial charge < -0.3 is 14.4 Å². The molecule has 0 saturated carbocycles. The van der Waals surface area contributed by atoms with Gasteiger partial charge in [0, 0.05) is 39.3 Å². The molecule has 0 amide bonds. The molecule has 2 aromatic rings. The third kappa shape index (κ3) is 5.03. The number of ether oxygens (including phenoxy) is 2. The lowest BCUT2D eigenvalue weighted by Gasteiger charge is -2.37. The summed E-state index contributed by atoms with van der Waals surface area (Å²) in [6.45, 7) is 5.41. The topological polar surface area (TPSA) is 24.9 Å². The van der Waals surface area contributed by atoms with Gasteiger partial charge in [-0.1, -0.05) is 30.3 Å². The predicted octanol–water partition coefficient (Wildman–Crippen LogP) is 3.71. The van der Waals surface area contributed by atoms with E-state index in [9.17, 15) is 13.2 Å². The van der Waals surface area contributed by atoms with Gasteiger partial charge in [0.1, 0.15) is 12.7 Å². The van der Waals surface area contributed by atoms with Crippen LogP contribution in [0.5, 0.6) is 11.5 Å². The van der Waals surface area contributed by atoms with Crippen LogP contribution in [-0.4, -0.2) is 61.8 Å². The Labute approximate surface area is 168 Å². The number of piperazine rings is 1. The van der Waals surface area contributed by atoms with Crippen LogP contribution in [0.25, 0.3) is 0 Å². The first-order valence-corrected chi connectivity index (χ1v) is 9.97. The monoisotopic (exact) mass is 406 g/mol. The van der Waals surface area contributed by atoms with Gasteiger partial charge in [0.05, 0.1) is 5.56 Å². The summed E-state index contributed by atoms with van der Waals surface area (Å²) in [5, 5.41) is 0. The van der Waals surface area contributed by atoms with Crippen molar-refractivity contribution in [2.75, 3.05) is 45.9 Å². The van der Waals surface area contributed by atoms with Crippen molar-refractivity contribution in [2.45, 2.75) is 18.7 Å². The molecule has 2 aliphatic heterocycles. The number of rotatable bonds is 5. The minimum atomic E-state index is -4.30. The summed E-state index contributed by atoms with van der Waals surface area (Å²) in [4.78, 5) is 4.57. The fourth-order valence-electron chi connectivity index (χ4n) is 3.93. The lowest BCUT2D eigenvalue weighted by Crippen LogP contribution is -2.51. The van der Waals surface area contributed by atoms with E-state index in [1.807, 2.05) is 24.3 Å². The lowest BCUT2D eigenvalue weighted by atomic mass is 10.0. The molecule has 1 unspecified atom stereocenters. The number of para-hydroxylation sites is 2. The van der Waals surface area contributed by atoms with Crippen LogP contribution in [0.2, 0.25) is 0 Å². The van der Waals surface area contributed by atoms with E-state index < -0.39 is 11.7 Å². The normalized spacial score (nSPS) is 20.6. The van der Waals surface area contributed by atoms with Gasteiger partial charge in [-0.15, -0.1) is 0 Å². The highest BCUT2D eigenvalue weighted by Crippen LogP contribution is 2.32. The zero-order chi connectivity index (χ0) is 20.3. The Hall–Kier alpha value is -2.25. The second kappa shape index (κ2) is 8.63. The summed E-state index contributed by atoms with van der Waals surface area (Å²) in [7, 11) is 0. The van der Waals surface area contributed by atoms with Gasteiger partial charge in [-0.3, -0.25) is 4.90 Å². The van der Waals surface area contributed by atoms with Crippen LogP contribution < -0.4 is 9.47 Å². The molecule has 1 saturated heterocycles. The fraction of sp³-hybridized carbons (Fsp3) is 0.455. The summed E-state index contributed by atoms with van der Waals surface area (Å²) in [6.07, 6.45) is -3.89. The molecule has 2 heterocycles.